The lowest BCUT2D eigenvalue weighted by molar-refractivity contribution is 0.554. The van der Waals surface area contributed by atoms with Gasteiger partial charge in [0, 0.05) is 51.9 Å². The lowest BCUT2D eigenvalue weighted by Gasteiger charge is -2.29. The number of nitrogens with zero attached hydrogens (tertiary/aromatic N) is 6. The second kappa shape index (κ2) is 10.9. The van der Waals surface area contributed by atoms with Crippen LogP contribution in [0.3, 0.4) is 0 Å². The summed E-state index contributed by atoms with van der Waals surface area (Å²) in [6.45, 7) is 10.9. The van der Waals surface area contributed by atoms with Crippen molar-refractivity contribution in [2.24, 2.45) is 0 Å². The van der Waals surface area contributed by atoms with Gasteiger partial charge in [-0.3, -0.25) is 9.97 Å². The number of rotatable bonds is 5. The number of benzene rings is 3. The van der Waals surface area contributed by atoms with Crippen LogP contribution < -0.4 is 4.90 Å². The van der Waals surface area contributed by atoms with Crippen molar-refractivity contribution in [2.45, 2.75) is 40.0 Å². The van der Waals surface area contributed by atoms with Crippen LogP contribution >= 0.6 is 0 Å². The van der Waals surface area contributed by atoms with Gasteiger partial charge in [-0.1, -0.05) is 63.2 Å². The standard InChI is InChI=1S/C40H34N6O/c1-25-12-10-13-26(2)36(25)45(28-15-11-14-27(20-28)33-16-6-8-18-41-33)29-21-30-32-23-43-39-44-24-35(40(3,4)5)46(39)38(32)47-37(30)31(22-29)34-17-7-9-19-42-34/h6-24H,1-5H3. The normalized spacial score (nSPS) is 11.9. The molecule has 3 aromatic carbocycles. The third kappa shape index (κ3) is 4.82. The van der Waals surface area contributed by atoms with Crippen LogP contribution in [0.25, 0.3) is 50.4 Å². The Hall–Kier alpha value is -5.82. The van der Waals surface area contributed by atoms with Gasteiger partial charge in [0.05, 0.1) is 34.4 Å². The van der Waals surface area contributed by atoms with Crippen molar-refractivity contribution >= 4 is 44.9 Å². The molecule has 0 N–H and O–H groups in total. The van der Waals surface area contributed by atoms with Crippen molar-refractivity contribution in [3.8, 4) is 22.5 Å². The molecule has 7 heteroatoms. The molecule has 0 aliphatic heterocycles. The molecule has 7 nitrogen and oxygen atoms in total. The van der Waals surface area contributed by atoms with E-state index >= 15 is 0 Å². The van der Waals surface area contributed by atoms with Gasteiger partial charge in [0.25, 0.3) is 0 Å². The Morgan fingerprint density at radius 2 is 1.36 bits per heavy atom. The van der Waals surface area contributed by atoms with E-state index in [1.165, 1.54) is 11.1 Å². The number of imidazole rings is 1. The SMILES string of the molecule is Cc1cccc(C)c1N(c1cccc(-c2ccccn2)c1)c1cc(-c2ccccn2)c2oc3c(cnc4ncc(C(C)(C)C)n43)c2c1. The minimum Gasteiger partial charge on any atom is -0.438 e. The van der Waals surface area contributed by atoms with E-state index in [0.717, 1.165) is 67.3 Å². The minimum absolute atomic E-state index is 0.166. The maximum absolute atomic E-state index is 6.83. The van der Waals surface area contributed by atoms with E-state index in [4.69, 9.17) is 14.4 Å². The van der Waals surface area contributed by atoms with Crippen LogP contribution in [0.15, 0.2) is 120 Å². The fourth-order valence-corrected chi connectivity index (χ4v) is 6.51. The molecular formula is C40H34N6O. The molecule has 0 saturated heterocycles. The van der Waals surface area contributed by atoms with Crippen LogP contribution in [0.1, 0.15) is 37.6 Å². The number of hydrogen-bond acceptors (Lipinski definition) is 6. The number of aromatic nitrogens is 5. The summed E-state index contributed by atoms with van der Waals surface area (Å²) in [5, 5.41) is 1.87. The number of furan rings is 1. The van der Waals surface area contributed by atoms with Gasteiger partial charge < -0.3 is 9.32 Å². The summed E-state index contributed by atoms with van der Waals surface area (Å²) < 4.78 is 8.88. The Kier molecular flexibility index (Phi) is 6.65. The van der Waals surface area contributed by atoms with Gasteiger partial charge in [0.1, 0.15) is 5.58 Å². The molecule has 0 bridgehead atoms. The van der Waals surface area contributed by atoms with E-state index in [0.29, 0.717) is 5.78 Å². The fraction of sp³-hybridized carbons (Fsp3) is 0.150. The van der Waals surface area contributed by atoms with Crippen molar-refractivity contribution < 1.29 is 4.42 Å². The molecule has 0 aliphatic rings. The predicted octanol–water partition coefficient (Wildman–Crippen LogP) is 10.1. The highest BCUT2D eigenvalue weighted by Gasteiger charge is 2.26. The van der Waals surface area contributed by atoms with Crippen molar-refractivity contribution in [3.05, 3.63) is 133 Å². The van der Waals surface area contributed by atoms with E-state index in [-0.39, 0.29) is 5.41 Å². The molecular weight excluding hydrogens is 580 g/mol. The summed E-state index contributed by atoms with van der Waals surface area (Å²) in [5.41, 5.74) is 11.5. The van der Waals surface area contributed by atoms with Crippen molar-refractivity contribution in [1.29, 1.82) is 0 Å². The second-order valence-corrected chi connectivity index (χ2v) is 13.0. The van der Waals surface area contributed by atoms with Gasteiger partial charge in [-0.05, 0) is 73.5 Å². The van der Waals surface area contributed by atoms with Crippen molar-refractivity contribution in [3.63, 3.8) is 0 Å². The lowest BCUT2D eigenvalue weighted by Crippen LogP contribution is -2.14. The Labute approximate surface area is 273 Å². The monoisotopic (exact) mass is 614 g/mol. The molecule has 8 aromatic rings. The van der Waals surface area contributed by atoms with E-state index in [2.05, 4.69) is 108 Å². The topological polar surface area (TPSA) is 72.3 Å². The zero-order valence-corrected chi connectivity index (χ0v) is 27.1. The molecule has 0 unspecified atom stereocenters. The number of hydrogen-bond donors (Lipinski definition) is 0. The molecule has 5 heterocycles. The van der Waals surface area contributed by atoms with Crippen LogP contribution in [-0.4, -0.2) is 24.3 Å². The Morgan fingerprint density at radius 3 is 2.06 bits per heavy atom. The van der Waals surface area contributed by atoms with Crippen molar-refractivity contribution in [2.75, 3.05) is 4.90 Å². The Bertz CT molecular complexity index is 2400. The van der Waals surface area contributed by atoms with E-state index in [9.17, 15) is 0 Å². The Balaban J connectivity index is 1.46. The van der Waals surface area contributed by atoms with Gasteiger partial charge in [-0.2, -0.15) is 0 Å². The number of fused-ring (bicyclic) bond motifs is 5. The molecule has 0 aliphatic carbocycles. The molecule has 0 radical (unpaired) electrons. The van der Waals surface area contributed by atoms with E-state index in [1.54, 1.807) is 0 Å². The summed E-state index contributed by atoms with van der Waals surface area (Å²) in [6, 6.07) is 31.4. The number of anilines is 3. The first kappa shape index (κ1) is 28.6. The maximum Gasteiger partial charge on any atom is 0.236 e. The largest absolute Gasteiger partial charge is 0.438 e. The molecule has 5 aromatic heterocycles. The molecule has 8 rings (SSSR count). The van der Waals surface area contributed by atoms with Gasteiger partial charge in [-0.15, -0.1) is 0 Å². The highest BCUT2D eigenvalue weighted by molar-refractivity contribution is 6.11. The smallest absolute Gasteiger partial charge is 0.236 e. The first-order valence-corrected chi connectivity index (χ1v) is 15.8. The molecule has 0 fully saturated rings. The third-order valence-electron chi connectivity index (χ3n) is 8.74. The summed E-state index contributed by atoms with van der Waals surface area (Å²) in [4.78, 5) is 21.2. The molecule has 47 heavy (non-hydrogen) atoms. The summed E-state index contributed by atoms with van der Waals surface area (Å²) in [6.07, 6.45) is 7.44. The highest BCUT2D eigenvalue weighted by atomic mass is 16.3. The fourth-order valence-electron chi connectivity index (χ4n) is 6.51. The number of para-hydroxylation sites is 1. The molecule has 0 atom stereocenters. The van der Waals surface area contributed by atoms with Crippen LogP contribution in [0, 0.1) is 13.8 Å². The van der Waals surface area contributed by atoms with Gasteiger partial charge in [0.15, 0.2) is 0 Å². The van der Waals surface area contributed by atoms with Gasteiger partial charge in [-0.25, -0.2) is 14.4 Å². The average molecular weight is 615 g/mol. The first-order chi connectivity index (χ1) is 22.8. The Morgan fingerprint density at radius 1 is 0.660 bits per heavy atom. The molecule has 230 valence electrons. The van der Waals surface area contributed by atoms with Crippen LogP contribution in [0.2, 0.25) is 0 Å². The van der Waals surface area contributed by atoms with Crippen molar-refractivity contribution in [1.82, 2.24) is 24.3 Å². The zero-order valence-electron chi connectivity index (χ0n) is 27.1. The zero-order chi connectivity index (χ0) is 32.3. The van der Waals surface area contributed by atoms with E-state index < -0.39 is 0 Å². The van der Waals surface area contributed by atoms with Gasteiger partial charge in [0.2, 0.25) is 11.5 Å². The summed E-state index contributed by atoms with van der Waals surface area (Å²) in [5.74, 6) is 0.615. The molecule has 0 amide bonds. The van der Waals surface area contributed by atoms with Crippen LogP contribution in [0.5, 0.6) is 0 Å². The first-order valence-electron chi connectivity index (χ1n) is 15.8. The predicted molar refractivity (Wildman–Crippen MR) is 190 cm³/mol. The number of pyridine rings is 2. The quantitative estimate of drug-likeness (QED) is 0.192. The van der Waals surface area contributed by atoms with Gasteiger partial charge >= 0.3 is 0 Å². The summed E-state index contributed by atoms with van der Waals surface area (Å²) >= 11 is 0. The second-order valence-electron chi connectivity index (χ2n) is 13.0. The highest BCUT2D eigenvalue weighted by Crippen LogP contribution is 2.45. The lowest BCUT2D eigenvalue weighted by atomic mass is 9.93. The molecule has 0 saturated carbocycles. The maximum atomic E-state index is 6.83. The van der Waals surface area contributed by atoms with E-state index in [1.807, 2.05) is 61.2 Å². The minimum atomic E-state index is -0.166. The number of aryl methyl sites for hydroxylation is 2. The third-order valence-corrected chi connectivity index (χ3v) is 8.74. The molecule has 0 spiro atoms. The van der Waals surface area contributed by atoms with Crippen LogP contribution in [-0.2, 0) is 5.41 Å². The van der Waals surface area contributed by atoms with Crippen LogP contribution in [0.4, 0.5) is 17.1 Å². The average Bonchev–Trinajstić information content (AvgIpc) is 3.69. The summed E-state index contributed by atoms with van der Waals surface area (Å²) in [7, 11) is 0.